The smallest absolute Gasteiger partial charge is 0.282 e. The van der Waals surface area contributed by atoms with Crippen molar-refractivity contribution in [1.82, 2.24) is 14.5 Å². The number of aromatic nitrogens is 2. The lowest BCUT2D eigenvalue weighted by molar-refractivity contribution is -0.385. The van der Waals surface area contributed by atoms with Gasteiger partial charge in [0.15, 0.2) is 0 Å². The highest BCUT2D eigenvalue weighted by molar-refractivity contribution is 6.07. The molecule has 0 unspecified atom stereocenters. The molecule has 2 heterocycles. The van der Waals surface area contributed by atoms with Crippen molar-refractivity contribution in [3.05, 3.63) is 64.0 Å². The molecule has 32 heavy (non-hydrogen) atoms. The predicted octanol–water partition coefficient (Wildman–Crippen LogP) is 4.98. The van der Waals surface area contributed by atoms with Crippen molar-refractivity contribution >= 4 is 28.3 Å². The summed E-state index contributed by atoms with van der Waals surface area (Å²) >= 11 is 0. The van der Waals surface area contributed by atoms with Gasteiger partial charge in [-0.15, -0.1) is 0 Å². The summed E-state index contributed by atoms with van der Waals surface area (Å²) < 4.78 is 2.27. The third-order valence-electron chi connectivity index (χ3n) is 5.94. The molecule has 1 fully saturated rings. The van der Waals surface area contributed by atoms with E-state index in [1.807, 2.05) is 18.2 Å². The lowest BCUT2D eigenvalue weighted by atomic mass is 10.1. The molecular weight excluding hydrogens is 406 g/mol. The van der Waals surface area contributed by atoms with Crippen LogP contribution in [0, 0.1) is 10.1 Å². The lowest BCUT2D eigenvalue weighted by Crippen LogP contribution is -2.26. The maximum Gasteiger partial charge on any atom is 0.282 e. The van der Waals surface area contributed by atoms with Crippen LogP contribution >= 0.6 is 0 Å². The zero-order valence-electron chi connectivity index (χ0n) is 18.4. The summed E-state index contributed by atoms with van der Waals surface area (Å²) in [4.78, 5) is 30.8. The fourth-order valence-electron chi connectivity index (χ4n) is 4.37. The highest BCUT2D eigenvalue weighted by Gasteiger charge is 2.20. The number of para-hydroxylation sites is 1. The Hall–Kier alpha value is -3.26. The molecule has 1 aliphatic heterocycles. The zero-order chi connectivity index (χ0) is 22.5. The number of hydrogen-bond donors (Lipinski definition) is 1. The number of fused-ring (bicyclic) bond motifs is 1. The van der Waals surface area contributed by atoms with Crippen LogP contribution in [0.1, 0.15) is 55.2 Å². The second-order valence-corrected chi connectivity index (χ2v) is 8.30. The average molecular weight is 436 g/mol. The van der Waals surface area contributed by atoms with Crippen molar-refractivity contribution in [2.75, 3.05) is 18.4 Å². The number of hydrogen-bond acceptors (Lipinski definition) is 5. The first-order chi connectivity index (χ1) is 15.6. The minimum Gasteiger partial charge on any atom is -0.327 e. The third kappa shape index (κ3) is 4.80. The van der Waals surface area contributed by atoms with E-state index in [-0.39, 0.29) is 11.3 Å². The second kappa shape index (κ2) is 9.91. The Morgan fingerprint density at radius 1 is 1.12 bits per heavy atom. The largest absolute Gasteiger partial charge is 0.327 e. The summed E-state index contributed by atoms with van der Waals surface area (Å²) in [6.07, 6.45) is 6.06. The minimum atomic E-state index is -0.542. The molecule has 1 aliphatic rings. The molecular formula is C24H29N5O3. The number of imidazole rings is 1. The van der Waals surface area contributed by atoms with Crippen LogP contribution in [0.25, 0.3) is 11.0 Å². The Kier molecular flexibility index (Phi) is 6.80. The van der Waals surface area contributed by atoms with Crippen molar-refractivity contribution in [2.24, 2.45) is 0 Å². The van der Waals surface area contributed by atoms with E-state index in [0.717, 1.165) is 49.5 Å². The van der Waals surface area contributed by atoms with Gasteiger partial charge in [-0.3, -0.25) is 19.8 Å². The number of likely N-dealkylation sites (tertiary alicyclic amines) is 1. The first-order valence-electron chi connectivity index (χ1n) is 11.3. The van der Waals surface area contributed by atoms with Gasteiger partial charge in [0.25, 0.3) is 11.6 Å². The molecule has 0 radical (unpaired) electrons. The summed E-state index contributed by atoms with van der Waals surface area (Å²) in [6, 6.07) is 11.6. The molecule has 0 spiro atoms. The van der Waals surface area contributed by atoms with Crippen LogP contribution < -0.4 is 5.32 Å². The highest BCUT2D eigenvalue weighted by Crippen LogP contribution is 2.24. The number of rotatable bonds is 7. The maximum absolute atomic E-state index is 12.7. The lowest BCUT2D eigenvalue weighted by Gasteiger charge is -2.20. The first-order valence-corrected chi connectivity index (χ1v) is 11.3. The predicted molar refractivity (Wildman–Crippen MR) is 125 cm³/mol. The molecule has 8 nitrogen and oxygen atoms in total. The number of carbonyl (C=O) groups excluding carboxylic acids is 1. The van der Waals surface area contributed by atoms with Crippen LogP contribution in [-0.2, 0) is 13.1 Å². The van der Waals surface area contributed by atoms with E-state index in [1.165, 1.54) is 37.8 Å². The van der Waals surface area contributed by atoms with E-state index >= 15 is 0 Å². The fourth-order valence-corrected chi connectivity index (χ4v) is 4.37. The topological polar surface area (TPSA) is 93.3 Å². The molecule has 0 saturated carbocycles. The number of nitrogens with zero attached hydrogens (tertiary/aromatic N) is 4. The Morgan fingerprint density at radius 2 is 1.88 bits per heavy atom. The Labute approximate surface area is 187 Å². The van der Waals surface area contributed by atoms with Gasteiger partial charge in [-0.25, -0.2) is 4.98 Å². The van der Waals surface area contributed by atoms with E-state index in [0.29, 0.717) is 5.69 Å². The van der Waals surface area contributed by atoms with Gasteiger partial charge in [0, 0.05) is 18.3 Å². The number of nitro groups is 1. The highest BCUT2D eigenvalue weighted by atomic mass is 16.6. The monoisotopic (exact) mass is 435 g/mol. The number of aryl methyl sites for hydroxylation is 1. The van der Waals surface area contributed by atoms with Gasteiger partial charge in [-0.2, -0.15) is 0 Å². The van der Waals surface area contributed by atoms with E-state index in [4.69, 9.17) is 4.98 Å². The van der Waals surface area contributed by atoms with Gasteiger partial charge in [0.1, 0.15) is 11.4 Å². The Bertz CT molecular complexity index is 1120. The molecule has 1 N–H and O–H groups in total. The van der Waals surface area contributed by atoms with Crippen molar-refractivity contribution in [1.29, 1.82) is 0 Å². The van der Waals surface area contributed by atoms with E-state index in [1.54, 1.807) is 12.1 Å². The normalized spacial score (nSPS) is 14.9. The average Bonchev–Trinajstić information content (AvgIpc) is 2.94. The molecule has 2 aromatic carbocycles. The van der Waals surface area contributed by atoms with E-state index < -0.39 is 10.8 Å². The Morgan fingerprint density at radius 3 is 2.59 bits per heavy atom. The molecule has 0 atom stereocenters. The zero-order valence-corrected chi connectivity index (χ0v) is 18.4. The van der Waals surface area contributed by atoms with Crippen molar-refractivity contribution in [3.63, 3.8) is 0 Å². The standard InChI is InChI=1S/C24H29N5O3/c1-2-13-28-22-12-11-18(25-24(30)19-9-5-6-10-21(19)29(31)32)16-20(22)26-23(28)17-27-14-7-3-4-8-15-27/h5-6,9-12,16H,2-4,7-8,13-15,17H2,1H3,(H,25,30). The number of carbonyl (C=O) groups is 1. The molecule has 1 amide bonds. The van der Waals surface area contributed by atoms with Gasteiger partial charge >= 0.3 is 0 Å². The van der Waals surface area contributed by atoms with Crippen LogP contribution in [0.2, 0.25) is 0 Å². The van der Waals surface area contributed by atoms with Crippen molar-refractivity contribution in [2.45, 2.75) is 52.1 Å². The number of nitrogens with one attached hydrogen (secondary N) is 1. The summed E-state index contributed by atoms with van der Waals surface area (Å²) in [5.74, 6) is 0.542. The third-order valence-corrected chi connectivity index (χ3v) is 5.94. The minimum absolute atomic E-state index is 0.0379. The van der Waals surface area contributed by atoms with Crippen molar-refractivity contribution in [3.8, 4) is 0 Å². The quantitative estimate of drug-likeness (QED) is 0.417. The summed E-state index contributed by atoms with van der Waals surface area (Å²) in [5.41, 5.74) is 2.26. The number of amides is 1. The van der Waals surface area contributed by atoms with Gasteiger partial charge in [0.05, 0.1) is 22.5 Å². The van der Waals surface area contributed by atoms with Crippen LogP contribution in [0.15, 0.2) is 42.5 Å². The Balaban J connectivity index is 1.59. The second-order valence-electron chi connectivity index (χ2n) is 8.30. The number of nitro benzene ring substituents is 1. The fraction of sp³-hybridized carbons (Fsp3) is 0.417. The molecule has 0 aliphatic carbocycles. The molecule has 8 heteroatoms. The van der Waals surface area contributed by atoms with Crippen LogP contribution in [0.3, 0.4) is 0 Å². The summed E-state index contributed by atoms with van der Waals surface area (Å²) in [5, 5.41) is 14.0. The van der Waals surface area contributed by atoms with Crippen molar-refractivity contribution < 1.29 is 9.72 Å². The summed E-state index contributed by atoms with van der Waals surface area (Å²) in [6.45, 7) is 6.08. The number of benzene rings is 2. The van der Waals surface area contributed by atoms with Gasteiger partial charge < -0.3 is 9.88 Å². The van der Waals surface area contributed by atoms with Gasteiger partial charge in [-0.05, 0) is 56.6 Å². The molecule has 1 saturated heterocycles. The van der Waals surface area contributed by atoms with Gasteiger partial charge in [0.2, 0.25) is 0 Å². The van der Waals surface area contributed by atoms with Crippen LogP contribution in [0.4, 0.5) is 11.4 Å². The molecule has 4 rings (SSSR count). The summed E-state index contributed by atoms with van der Waals surface area (Å²) in [7, 11) is 0. The molecule has 3 aromatic rings. The molecule has 168 valence electrons. The van der Waals surface area contributed by atoms with E-state index in [2.05, 4.69) is 21.7 Å². The first kappa shape index (κ1) is 22.0. The SMILES string of the molecule is CCCn1c(CN2CCCCCC2)nc2cc(NC(=O)c3ccccc3[N+](=O)[O-])ccc21. The van der Waals surface area contributed by atoms with E-state index in [9.17, 15) is 14.9 Å². The molecule has 1 aromatic heterocycles. The van der Waals surface area contributed by atoms with Gasteiger partial charge in [-0.1, -0.05) is 31.9 Å². The number of anilines is 1. The van der Waals surface area contributed by atoms with Crippen LogP contribution in [0.5, 0.6) is 0 Å². The molecule has 0 bridgehead atoms. The van der Waals surface area contributed by atoms with Crippen LogP contribution in [-0.4, -0.2) is 38.4 Å². The maximum atomic E-state index is 12.7.